The van der Waals surface area contributed by atoms with E-state index in [1.54, 1.807) is 31.4 Å². The minimum Gasteiger partial charge on any atom is -0.497 e. The van der Waals surface area contributed by atoms with Crippen LogP contribution in [0.1, 0.15) is 11.3 Å². The molecule has 190 valence electrons. The van der Waals surface area contributed by atoms with Gasteiger partial charge in [-0.25, -0.2) is 17.8 Å². The highest BCUT2D eigenvalue weighted by molar-refractivity contribution is 7.89. The number of sulfonamides is 1. The van der Waals surface area contributed by atoms with Crippen molar-refractivity contribution < 1.29 is 22.3 Å². The Morgan fingerprint density at radius 1 is 0.889 bits per heavy atom. The zero-order chi connectivity index (χ0) is 25.3. The van der Waals surface area contributed by atoms with Crippen LogP contribution in [0.2, 0.25) is 0 Å². The van der Waals surface area contributed by atoms with Crippen molar-refractivity contribution in [1.82, 2.24) is 19.2 Å². The molecule has 0 atom stereocenters. The molecule has 5 rings (SSSR count). The van der Waals surface area contributed by atoms with Gasteiger partial charge in [-0.1, -0.05) is 0 Å². The summed E-state index contributed by atoms with van der Waals surface area (Å²) >= 11 is 0. The molecule has 0 spiro atoms. The van der Waals surface area contributed by atoms with Crippen LogP contribution in [-0.4, -0.2) is 74.5 Å². The van der Waals surface area contributed by atoms with E-state index in [0.717, 1.165) is 44.0 Å². The van der Waals surface area contributed by atoms with Gasteiger partial charge in [0.05, 0.1) is 23.3 Å². The minimum atomic E-state index is -3.83. The standard InChI is InChI=1S/C25H28FN5O4S/c1-29-13-15-30(16-14-29)25-27-23-11-12-31(36(32,33)21-9-3-18(26)4-10-21)17-22(23)24(28-25)35-20-7-5-19(34-2)6-8-20/h3-10H,11-17H2,1-2H3. The molecule has 2 aromatic carbocycles. The van der Waals surface area contributed by atoms with Crippen LogP contribution < -0.4 is 14.4 Å². The largest absolute Gasteiger partial charge is 0.497 e. The van der Waals surface area contributed by atoms with Crippen LogP contribution in [0.5, 0.6) is 17.4 Å². The lowest BCUT2D eigenvalue weighted by atomic mass is 10.1. The Kier molecular flexibility index (Phi) is 6.78. The van der Waals surface area contributed by atoms with E-state index in [1.807, 2.05) is 0 Å². The highest BCUT2D eigenvalue weighted by Gasteiger charge is 2.33. The van der Waals surface area contributed by atoms with Gasteiger partial charge >= 0.3 is 0 Å². The van der Waals surface area contributed by atoms with E-state index in [9.17, 15) is 12.8 Å². The van der Waals surface area contributed by atoms with Crippen molar-refractivity contribution in [3.8, 4) is 17.4 Å². The summed E-state index contributed by atoms with van der Waals surface area (Å²) in [6.45, 7) is 3.71. The molecule has 0 radical (unpaired) electrons. The molecule has 0 N–H and O–H groups in total. The van der Waals surface area contributed by atoms with Gasteiger partial charge in [0.25, 0.3) is 0 Å². The molecule has 0 amide bonds. The lowest BCUT2D eigenvalue weighted by Crippen LogP contribution is -2.45. The Hall–Kier alpha value is -3.28. The number of rotatable bonds is 6. The number of anilines is 1. The van der Waals surface area contributed by atoms with E-state index >= 15 is 0 Å². The van der Waals surface area contributed by atoms with Crippen LogP contribution in [0.25, 0.3) is 0 Å². The number of benzene rings is 2. The van der Waals surface area contributed by atoms with Crippen LogP contribution >= 0.6 is 0 Å². The summed E-state index contributed by atoms with van der Waals surface area (Å²) in [4.78, 5) is 14.0. The van der Waals surface area contributed by atoms with Gasteiger partial charge < -0.3 is 19.3 Å². The van der Waals surface area contributed by atoms with E-state index in [4.69, 9.17) is 19.4 Å². The van der Waals surface area contributed by atoms with Crippen molar-refractivity contribution in [1.29, 1.82) is 0 Å². The maximum absolute atomic E-state index is 13.4. The summed E-state index contributed by atoms with van der Waals surface area (Å²) in [7, 11) is -0.159. The number of aromatic nitrogens is 2. The second-order valence-electron chi connectivity index (χ2n) is 8.86. The number of piperazine rings is 1. The molecule has 1 fully saturated rings. The number of halogens is 1. The normalized spacial score (nSPS) is 17.0. The van der Waals surface area contributed by atoms with Crippen molar-refractivity contribution in [2.45, 2.75) is 17.9 Å². The third-order valence-corrected chi connectivity index (χ3v) is 8.35. The van der Waals surface area contributed by atoms with Gasteiger partial charge in [0, 0.05) is 45.7 Å². The minimum absolute atomic E-state index is 0.0416. The summed E-state index contributed by atoms with van der Waals surface area (Å²) < 4.78 is 52.7. The van der Waals surface area contributed by atoms with E-state index in [-0.39, 0.29) is 18.0 Å². The van der Waals surface area contributed by atoms with Gasteiger partial charge in [-0.15, -0.1) is 0 Å². The topological polar surface area (TPSA) is 88.1 Å². The predicted octanol–water partition coefficient (Wildman–Crippen LogP) is 2.92. The monoisotopic (exact) mass is 513 g/mol. The molecule has 3 aromatic rings. The number of fused-ring (bicyclic) bond motifs is 1. The van der Waals surface area contributed by atoms with E-state index < -0.39 is 15.8 Å². The molecule has 2 aliphatic rings. The second-order valence-corrected chi connectivity index (χ2v) is 10.8. The summed E-state index contributed by atoms with van der Waals surface area (Å²) in [6, 6.07) is 12.0. The van der Waals surface area contributed by atoms with Gasteiger partial charge in [0.2, 0.25) is 21.9 Å². The average molecular weight is 514 g/mol. The van der Waals surface area contributed by atoms with Crippen LogP contribution in [-0.2, 0) is 23.0 Å². The third kappa shape index (κ3) is 4.99. The van der Waals surface area contributed by atoms with E-state index in [2.05, 4.69) is 16.8 Å². The summed E-state index contributed by atoms with van der Waals surface area (Å²) in [5.41, 5.74) is 1.40. The Morgan fingerprint density at radius 2 is 1.56 bits per heavy atom. The molecule has 3 heterocycles. The Labute approximate surface area is 210 Å². The van der Waals surface area contributed by atoms with Crippen LogP contribution in [0.15, 0.2) is 53.4 Å². The Balaban J connectivity index is 1.49. The zero-order valence-corrected chi connectivity index (χ0v) is 21.0. The smallest absolute Gasteiger partial charge is 0.243 e. The molecular formula is C25H28FN5O4S. The number of methoxy groups -OCH3 is 1. The average Bonchev–Trinajstić information content (AvgIpc) is 2.89. The number of nitrogens with zero attached hydrogens (tertiary/aromatic N) is 5. The van der Waals surface area contributed by atoms with Crippen molar-refractivity contribution in [2.24, 2.45) is 0 Å². The third-order valence-electron chi connectivity index (χ3n) is 6.49. The molecule has 0 aliphatic carbocycles. The summed E-state index contributed by atoms with van der Waals surface area (Å²) in [5.74, 6) is 1.68. The molecule has 0 bridgehead atoms. The van der Waals surface area contributed by atoms with Gasteiger partial charge in [-0.3, -0.25) is 0 Å². The first-order valence-corrected chi connectivity index (χ1v) is 13.2. The zero-order valence-electron chi connectivity index (χ0n) is 20.2. The van der Waals surface area contributed by atoms with Crippen LogP contribution in [0.3, 0.4) is 0 Å². The lowest BCUT2D eigenvalue weighted by molar-refractivity contribution is 0.310. The predicted molar refractivity (Wildman–Crippen MR) is 133 cm³/mol. The molecule has 0 unspecified atom stereocenters. The van der Waals surface area contributed by atoms with Crippen molar-refractivity contribution in [3.05, 3.63) is 65.6 Å². The van der Waals surface area contributed by atoms with Crippen molar-refractivity contribution in [3.63, 3.8) is 0 Å². The summed E-state index contributed by atoms with van der Waals surface area (Å²) in [5, 5.41) is 0. The lowest BCUT2D eigenvalue weighted by Gasteiger charge is -2.34. The first kappa shape index (κ1) is 24.4. The van der Waals surface area contributed by atoms with Gasteiger partial charge in [-0.05, 0) is 55.6 Å². The molecule has 36 heavy (non-hydrogen) atoms. The van der Waals surface area contributed by atoms with Gasteiger partial charge in [0.1, 0.15) is 17.3 Å². The first-order valence-electron chi connectivity index (χ1n) is 11.7. The molecule has 0 saturated carbocycles. The fraction of sp³-hybridized carbons (Fsp3) is 0.360. The van der Waals surface area contributed by atoms with Gasteiger partial charge in [0.15, 0.2) is 0 Å². The highest BCUT2D eigenvalue weighted by atomic mass is 32.2. The molecule has 11 heteroatoms. The fourth-order valence-corrected chi connectivity index (χ4v) is 5.70. The highest BCUT2D eigenvalue weighted by Crippen LogP contribution is 2.34. The maximum Gasteiger partial charge on any atom is 0.243 e. The maximum atomic E-state index is 13.4. The Bertz CT molecular complexity index is 1330. The number of ether oxygens (including phenoxy) is 2. The molecular weight excluding hydrogens is 485 g/mol. The van der Waals surface area contributed by atoms with E-state index in [1.165, 1.54) is 16.4 Å². The van der Waals surface area contributed by atoms with Gasteiger partial charge in [-0.2, -0.15) is 9.29 Å². The fourth-order valence-electron chi connectivity index (χ4n) is 4.30. The molecule has 1 aromatic heterocycles. The van der Waals surface area contributed by atoms with E-state index in [0.29, 0.717) is 35.3 Å². The SMILES string of the molecule is COc1ccc(Oc2nc(N3CCN(C)CC3)nc3c2CN(S(=O)(=O)c2ccc(F)cc2)CC3)cc1. The number of hydrogen-bond donors (Lipinski definition) is 0. The van der Waals surface area contributed by atoms with Crippen molar-refractivity contribution >= 4 is 16.0 Å². The molecule has 9 nitrogen and oxygen atoms in total. The second kappa shape index (κ2) is 10.00. The number of hydrogen-bond acceptors (Lipinski definition) is 8. The number of likely N-dealkylation sites (N-methyl/N-ethyl adjacent to an activating group) is 1. The van der Waals surface area contributed by atoms with Crippen molar-refractivity contribution in [2.75, 3.05) is 51.8 Å². The molecule has 1 saturated heterocycles. The Morgan fingerprint density at radius 3 is 2.22 bits per heavy atom. The molecule has 2 aliphatic heterocycles. The van der Waals surface area contributed by atoms with Crippen LogP contribution in [0.4, 0.5) is 10.3 Å². The van der Waals surface area contributed by atoms with Crippen LogP contribution in [0, 0.1) is 5.82 Å². The quantitative estimate of drug-likeness (QED) is 0.497. The summed E-state index contributed by atoms with van der Waals surface area (Å²) in [6.07, 6.45) is 0.415. The first-order chi connectivity index (χ1) is 17.3.